The topological polar surface area (TPSA) is 76.6 Å². The van der Waals surface area contributed by atoms with Crippen LogP contribution in [0.1, 0.15) is 6.42 Å². The molecule has 1 aromatic carbocycles. The van der Waals surface area contributed by atoms with E-state index >= 15 is 0 Å². The van der Waals surface area contributed by atoms with Crippen LogP contribution in [-0.2, 0) is 0 Å². The molecule has 2 aromatic rings. The summed E-state index contributed by atoms with van der Waals surface area (Å²) in [6, 6.07) is 6.95. The zero-order chi connectivity index (χ0) is 16.9. The third-order valence-corrected chi connectivity index (χ3v) is 3.91. The van der Waals surface area contributed by atoms with Crippen LogP contribution in [0.15, 0.2) is 36.8 Å². The predicted octanol–water partition coefficient (Wildman–Crippen LogP) is 2.82. The number of halogens is 1. The summed E-state index contributed by atoms with van der Waals surface area (Å²) in [6.45, 7) is 1.12. The quantitative estimate of drug-likeness (QED) is 0.919. The Morgan fingerprint density at radius 1 is 1.38 bits per heavy atom. The molecule has 1 atom stereocenters. The molecule has 1 unspecified atom stereocenters. The average molecular weight is 349 g/mol. The number of likely N-dealkylation sites (tertiary alicyclic amines) is 1. The van der Waals surface area contributed by atoms with Crippen LogP contribution >= 0.6 is 11.6 Å². The largest absolute Gasteiger partial charge is 0.489 e. The maximum Gasteiger partial charge on any atom is 0.322 e. The van der Waals surface area contributed by atoms with Crippen molar-refractivity contribution in [2.75, 3.05) is 25.5 Å². The van der Waals surface area contributed by atoms with Crippen LogP contribution in [0.3, 0.4) is 0 Å². The maximum atomic E-state index is 12.4. The van der Waals surface area contributed by atoms with Crippen molar-refractivity contribution in [3.8, 4) is 11.6 Å². The first kappa shape index (κ1) is 16.3. The summed E-state index contributed by atoms with van der Waals surface area (Å²) >= 11 is 5.86. The molecule has 126 valence electrons. The van der Waals surface area contributed by atoms with Gasteiger partial charge in [0, 0.05) is 18.0 Å². The van der Waals surface area contributed by atoms with Crippen molar-refractivity contribution in [3.05, 3.63) is 41.8 Å². The first-order valence-corrected chi connectivity index (χ1v) is 7.85. The van der Waals surface area contributed by atoms with E-state index in [0.717, 1.165) is 12.2 Å². The van der Waals surface area contributed by atoms with E-state index in [2.05, 4.69) is 15.3 Å². The number of carbonyl (C=O) groups excluding carboxylic acids is 1. The Bertz CT molecular complexity index is 711. The smallest absolute Gasteiger partial charge is 0.322 e. The molecule has 1 aliphatic rings. The van der Waals surface area contributed by atoms with Crippen LogP contribution in [-0.4, -0.2) is 47.2 Å². The second-order valence-electron chi connectivity index (χ2n) is 5.30. The van der Waals surface area contributed by atoms with Gasteiger partial charge in [-0.2, -0.15) is 4.98 Å². The molecule has 2 heterocycles. The number of hydrogen-bond donors (Lipinski definition) is 1. The van der Waals surface area contributed by atoms with Gasteiger partial charge < -0.3 is 19.7 Å². The molecule has 7 nitrogen and oxygen atoms in total. The number of ether oxygens (including phenoxy) is 2. The molecular formula is C16H17ClN4O3. The van der Waals surface area contributed by atoms with Crippen molar-refractivity contribution in [1.82, 2.24) is 14.9 Å². The SMILES string of the molecule is COc1ncncc1NC(=O)N1CCC(Oc2ccc(Cl)cc2)C1. The van der Waals surface area contributed by atoms with Gasteiger partial charge in [-0.05, 0) is 24.3 Å². The summed E-state index contributed by atoms with van der Waals surface area (Å²) in [7, 11) is 1.49. The number of nitrogens with zero attached hydrogens (tertiary/aromatic N) is 3. The Kier molecular flexibility index (Phi) is 5.00. The summed E-state index contributed by atoms with van der Waals surface area (Å²) in [5.74, 6) is 1.07. The number of anilines is 1. The van der Waals surface area contributed by atoms with E-state index in [0.29, 0.717) is 29.7 Å². The van der Waals surface area contributed by atoms with Gasteiger partial charge >= 0.3 is 6.03 Å². The highest BCUT2D eigenvalue weighted by atomic mass is 35.5. The summed E-state index contributed by atoms with van der Waals surface area (Å²) in [5, 5.41) is 3.42. The first-order chi connectivity index (χ1) is 11.7. The van der Waals surface area contributed by atoms with Crippen LogP contribution < -0.4 is 14.8 Å². The number of benzene rings is 1. The molecule has 0 spiro atoms. The highest BCUT2D eigenvalue weighted by Crippen LogP contribution is 2.23. The van der Waals surface area contributed by atoms with Crippen molar-refractivity contribution in [2.24, 2.45) is 0 Å². The van der Waals surface area contributed by atoms with Gasteiger partial charge in [-0.3, -0.25) is 0 Å². The Morgan fingerprint density at radius 2 is 2.17 bits per heavy atom. The second-order valence-corrected chi connectivity index (χ2v) is 5.74. The summed E-state index contributed by atoms with van der Waals surface area (Å²) in [5.41, 5.74) is 0.437. The number of amides is 2. The van der Waals surface area contributed by atoms with Gasteiger partial charge in [0.1, 0.15) is 23.9 Å². The fraction of sp³-hybridized carbons (Fsp3) is 0.312. The van der Waals surface area contributed by atoms with E-state index < -0.39 is 0 Å². The summed E-state index contributed by atoms with van der Waals surface area (Å²) in [4.78, 5) is 21.9. The number of nitrogens with one attached hydrogen (secondary N) is 1. The fourth-order valence-electron chi connectivity index (χ4n) is 2.48. The highest BCUT2D eigenvalue weighted by Gasteiger charge is 2.28. The van der Waals surface area contributed by atoms with Gasteiger partial charge in [0.2, 0.25) is 5.88 Å². The maximum absolute atomic E-state index is 12.4. The van der Waals surface area contributed by atoms with E-state index in [1.807, 2.05) is 12.1 Å². The monoisotopic (exact) mass is 348 g/mol. The van der Waals surface area contributed by atoms with Crippen LogP contribution in [0.2, 0.25) is 5.02 Å². The molecule has 1 saturated heterocycles. The summed E-state index contributed by atoms with van der Waals surface area (Å²) < 4.78 is 11.0. The lowest BCUT2D eigenvalue weighted by molar-refractivity contribution is 0.195. The van der Waals surface area contributed by atoms with Gasteiger partial charge in [0.05, 0.1) is 19.9 Å². The summed E-state index contributed by atoms with van der Waals surface area (Å²) in [6.07, 6.45) is 3.58. The number of hydrogen-bond acceptors (Lipinski definition) is 5. The molecule has 0 bridgehead atoms. The van der Waals surface area contributed by atoms with Gasteiger partial charge in [0.15, 0.2) is 0 Å². The van der Waals surface area contributed by atoms with Crippen LogP contribution in [0.5, 0.6) is 11.6 Å². The zero-order valence-corrected chi connectivity index (χ0v) is 13.9. The minimum Gasteiger partial charge on any atom is -0.489 e. The van der Waals surface area contributed by atoms with Crippen molar-refractivity contribution in [1.29, 1.82) is 0 Å². The molecular weight excluding hydrogens is 332 g/mol. The van der Waals surface area contributed by atoms with Crippen LogP contribution in [0.25, 0.3) is 0 Å². The number of methoxy groups -OCH3 is 1. The third-order valence-electron chi connectivity index (χ3n) is 3.66. The van der Waals surface area contributed by atoms with Crippen molar-refractivity contribution in [2.45, 2.75) is 12.5 Å². The average Bonchev–Trinajstić information content (AvgIpc) is 3.06. The molecule has 2 amide bonds. The molecule has 1 fully saturated rings. The Labute approximate surface area is 144 Å². The molecule has 1 aliphatic heterocycles. The van der Waals surface area contributed by atoms with Crippen molar-refractivity contribution < 1.29 is 14.3 Å². The number of carbonyl (C=O) groups is 1. The zero-order valence-electron chi connectivity index (χ0n) is 13.1. The second kappa shape index (κ2) is 7.35. The van der Waals surface area contributed by atoms with E-state index in [-0.39, 0.29) is 12.1 Å². The van der Waals surface area contributed by atoms with E-state index in [1.54, 1.807) is 17.0 Å². The lowest BCUT2D eigenvalue weighted by atomic mass is 10.3. The van der Waals surface area contributed by atoms with Gasteiger partial charge in [-0.15, -0.1) is 0 Å². The molecule has 3 rings (SSSR count). The van der Waals surface area contributed by atoms with Crippen LogP contribution in [0.4, 0.5) is 10.5 Å². The lowest BCUT2D eigenvalue weighted by Crippen LogP contribution is -2.34. The predicted molar refractivity (Wildman–Crippen MR) is 89.7 cm³/mol. The molecule has 1 N–H and O–H groups in total. The van der Waals surface area contributed by atoms with Crippen LogP contribution in [0, 0.1) is 0 Å². The number of urea groups is 1. The van der Waals surface area contributed by atoms with Crippen molar-refractivity contribution >= 4 is 23.3 Å². The normalized spacial score (nSPS) is 16.8. The number of rotatable bonds is 4. The van der Waals surface area contributed by atoms with Gasteiger partial charge in [-0.1, -0.05) is 11.6 Å². The van der Waals surface area contributed by atoms with Crippen molar-refractivity contribution in [3.63, 3.8) is 0 Å². The standard InChI is InChI=1S/C16H17ClN4O3/c1-23-15-14(8-18-10-19-15)20-16(22)21-7-6-13(9-21)24-12-4-2-11(17)3-5-12/h2-5,8,10,13H,6-7,9H2,1H3,(H,20,22). The molecule has 0 aliphatic carbocycles. The number of aromatic nitrogens is 2. The third kappa shape index (κ3) is 3.86. The van der Waals surface area contributed by atoms with E-state index in [9.17, 15) is 4.79 Å². The minimum absolute atomic E-state index is 0.0501. The van der Waals surface area contributed by atoms with Gasteiger partial charge in [0.25, 0.3) is 0 Å². The molecule has 8 heteroatoms. The van der Waals surface area contributed by atoms with E-state index in [1.165, 1.54) is 19.6 Å². The molecule has 0 radical (unpaired) electrons. The minimum atomic E-state index is -0.231. The van der Waals surface area contributed by atoms with Gasteiger partial charge in [-0.25, -0.2) is 9.78 Å². The Morgan fingerprint density at radius 3 is 2.92 bits per heavy atom. The Balaban J connectivity index is 1.56. The lowest BCUT2D eigenvalue weighted by Gasteiger charge is -2.18. The molecule has 0 saturated carbocycles. The fourth-order valence-corrected chi connectivity index (χ4v) is 2.60. The highest BCUT2D eigenvalue weighted by molar-refractivity contribution is 6.30. The first-order valence-electron chi connectivity index (χ1n) is 7.48. The molecule has 1 aromatic heterocycles. The van der Waals surface area contributed by atoms with E-state index in [4.69, 9.17) is 21.1 Å². The Hall–Kier alpha value is -2.54. The molecule has 24 heavy (non-hydrogen) atoms.